The van der Waals surface area contributed by atoms with Gasteiger partial charge in [-0.1, -0.05) is 0 Å². The van der Waals surface area contributed by atoms with Crippen molar-refractivity contribution in [2.75, 3.05) is 13.1 Å². The lowest BCUT2D eigenvalue weighted by atomic mass is 10.1. The Hall–Kier alpha value is -1.96. The van der Waals surface area contributed by atoms with Crippen LogP contribution >= 0.6 is 0 Å². The van der Waals surface area contributed by atoms with Crippen molar-refractivity contribution in [3.63, 3.8) is 0 Å². The van der Waals surface area contributed by atoms with Crippen molar-refractivity contribution in [1.82, 2.24) is 10.2 Å². The summed E-state index contributed by atoms with van der Waals surface area (Å²) < 4.78 is 47.2. The number of rotatable bonds is 4. The molecule has 0 radical (unpaired) electrons. The number of benzene rings is 1. The predicted molar refractivity (Wildman–Crippen MR) is 76.8 cm³/mol. The maximum Gasteiger partial charge on any atom is 0.410 e. The van der Waals surface area contributed by atoms with Crippen molar-refractivity contribution in [3.05, 3.63) is 29.6 Å². The number of nitrogens with zero attached hydrogens (tertiary/aromatic N) is 1. The van der Waals surface area contributed by atoms with Gasteiger partial charge in [-0.3, -0.25) is 0 Å². The normalized spacial score (nSPS) is 21.4. The number of amides is 1. The Labute approximate surface area is 132 Å². The highest BCUT2D eigenvalue weighted by molar-refractivity contribution is 5.68. The van der Waals surface area contributed by atoms with E-state index in [1.54, 1.807) is 4.90 Å². The molecular weight excluding hydrogens is 313 g/mol. The molecule has 1 heterocycles. The number of piperazine rings is 1. The SMILES string of the molecule is C[C@@H]1CNC[C@H](C)N1C(=O)OCc1ccc(OC(F)F)cc1F. The highest BCUT2D eigenvalue weighted by Gasteiger charge is 2.30. The minimum absolute atomic E-state index is 0.0297. The van der Waals surface area contributed by atoms with Crippen molar-refractivity contribution in [1.29, 1.82) is 0 Å². The average Bonchev–Trinajstić information content (AvgIpc) is 2.45. The third kappa shape index (κ3) is 4.51. The lowest BCUT2D eigenvalue weighted by Crippen LogP contribution is -2.57. The molecule has 0 unspecified atom stereocenters. The first-order valence-corrected chi connectivity index (χ1v) is 7.27. The topological polar surface area (TPSA) is 50.8 Å². The lowest BCUT2D eigenvalue weighted by Gasteiger charge is -2.38. The molecule has 5 nitrogen and oxygen atoms in total. The van der Waals surface area contributed by atoms with Crippen LogP contribution in [0.5, 0.6) is 5.75 Å². The minimum atomic E-state index is -3.02. The summed E-state index contributed by atoms with van der Waals surface area (Å²) in [5, 5.41) is 3.19. The first-order valence-electron chi connectivity index (χ1n) is 7.27. The summed E-state index contributed by atoms with van der Waals surface area (Å²) >= 11 is 0. The van der Waals surface area contributed by atoms with Crippen LogP contribution in [0.25, 0.3) is 0 Å². The van der Waals surface area contributed by atoms with Crippen LogP contribution in [-0.4, -0.2) is 42.8 Å². The number of halogens is 3. The van der Waals surface area contributed by atoms with Crippen LogP contribution in [0.4, 0.5) is 18.0 Å². The number of hydrogen-bond acceptors (Lipinski definition) is 4. The number of hydrogen-bond donors (Lipinski definition) is 1. The van der Waals surface area contributed by atoms with Crippen LogP contribution in [0, 0.1) is 5.82 Å². The highest BCUT2D eigenvalue weighted by atomic mass is 19.3. The summed E-state index contributed by atoms with van der Waals surface area (Å²) in [6.07, 6.45) is -0.529. The Balaban J connectivity index is 1.96. The van der Waals surface area contributed by atoms with E-state index in [9.17, 15) is 18.0 Å². The van der Waals surface area contributed by atoms with Crippen molar-refractivity contribution < 1.29 is 27.4 Å². The molecule has 1 amide bonds. The molecule has 1 aromatic carbocycles. The van der Waals surface area contributed by atoms with Gasteiger partial charge in [0.2, 0.25) is 0 Å². The van der Waals surface area contributed by atoms with Gasteiger partial charge in [0, 0.05) is 36.8 Å². The average molecular weight is 332 g/mol. The van der Waals surface area contributed by atoms with Crippen LogP contribution in [0.2, 0.25) is 0 Å². The molecule has 2 rings (SSSR count). The Morgan fingerprint density at radius 3 is 2.57 bits per heavy atom. The number of nitrogens with one attached hydrogen (secondary N) is 1. The zero-order valence-corrected chi connectivity index (χ0v) is 12.9. The van der Waals surface area contributed by atoms with Crippen LogP contribution < -0.4 is 10.1 Å². The summed E-state index contributed by atoms with van der Waals surface area (Å²) in [7, 11) is 0. The van der Waals surface area contributed by atoms with Gasteiger partial charge in [-0.15, -0.1) is 0 Å². The van der Waals surface area contributed by atoms with Crippen molar-refractivity contribution in [2.45, 2.75) is 39.1 Å². The second-order valence-corrected chi connectivity index (χ2v) is 5.45. The van der Waals surface area contributed by atoms with Crippen molar-refractivity contribution in [2.24, 2.45) is 0 Å². The fourth-order valence-electron chi connectivity index (χ4n) is 2.53. The number of carbonyl (C=O) groups is 1. The molecule has 23 heavy (non-hydrogen) atoms. The van der Waals surface area contributed by atoms with Gasteiger partial charge in [-0.2, -0.15) is 8.78 Å². The number of alkyl halides is 2. The first-order chi connectivity index (χ1) is 10.9. The van der Waals surface area contributed by atoms with E-state index in [0.29, 0.717) is 13.1 Å². The Bertz CT molecular complexity index is 547. The van der Waals surface area contributed by atoms with Crippen molar-refractivity contribution >= 4 is 6.09 Å². The third-order valence-electron chi connectivity index (χ3n) is 3.64. The monoisotopic (exact) mass is 332 g/mol. The molecule has 0 bridgehead atoms. The van der Waals surface area contributed by atoms with E-state index < -0.39 is 18.5 Å². The lowest BCUT2D eigenvalue weighted by molar-refractivity contribution is -0.0500. The van der Waals surface area contributed by atoms with Gasteiger partial charge in [0.05, 0.1) is 0 Å². The van der Waals surface area contributed by atoms with Crippen LogP contribution in [0.15, 0.2) is 18.2 Å². The number of ether oxygens (including phenoxy) is 2. The summed E-state index contributed by atoms with van der Waals surface area (Å²) in [5.74, 6) is -1.05. The van der Waals surface area contributed by atoms with Gasteiger partial charge in [0.15, 0.2) is 0 Å². The van der Waals surface area contributed by atoms with E-state index in [1.807, 2.05) is 13.8 Å². The largest absolute Gasteiger partial charge is 0.444 e. The van der Waals surface area contributed by atoms with Gasteiger partial charge in [-0.05, 0) is 26.0 Å². The summed E-state index contributed by atoms with van der Waals surface area (Å²) in [6, 6.07) is 3.24. The van der Waals surface area contributed by atoms with E-state index in [1.165, 1.54) is 12.1 Å². The van der Waals surface area contributed by atoms with E-state index in [-0.39, 0.29) is 30.0 Å². The number of carbonyl (C=O) groups excluding carboxylic acids is 1. The molecule has 1 aliphatic rings. The summed E-state index contributed by atoms with van der Waals surface area (Å²) in [6.45, 7) is 1.81. The van der Waals surface area contributed by atoms with E-state index in [0.717, 1.165) is 6.07 Å². The summed E-state index contributed by atoms with van der Waals surface area (Å²) in [4.78, 5) is 13.7. The Morgan fingerprint density at radius 1 is 1.35 bits per heavy atom. The fraction of sp³-hybridized carbons (Fsp3) is 0.533. The molecule has 1 aromatic rings. The second-order valence-electron chi connectivity index (χ2n) is 5.45. The molecule has 1 aliphatic heterocycles. The fourth-order valence-corrected chi connectivity index (χ4v) is 2.53. The van der Waals surface area contributed by atoms with Gasteiger partial charge in [-0.25, -0.2) is 9.18 Å². The van der Waals surface area contributed by atoms with Gasteiger partial charge in [0.25, 0.3) is 0 Å². The second kappa shape index (κ2) is 7.54. The molecule has 0 aliphatic carbocycles. The van der Waals surface area contributed by atoms with Gasteiger partial charge >= 0.3 is 12.7 Å². The third-order valence-corrected chi connectivity index (χ3v) is 3.64. The van der Waals surface area contributed by atoms with Crippen molar-refractivity contribution in [3.8, 4) is 5.75 Å². The standard InChI is InChI=1S/C15H19F3N2O3/c1-9-6-19-7-10(2)20(9)15(21)22-8-11-3-4-12(5-13(11)16)23-14(17)18/h3-5,9-10,14,19H,6-8H2,1-2H3/t9-,10+. The quantitative estimate of drug-likeness (QED) is 0.921. The molecule has 0 aromatic heterocycles. The van der Waals surface area contributed by atoms with E-state index in [2.05, 4.69) is 10.1 Å². The van der Waals surface area contributed by atoms with E-state index in [4.69, 9.17) is 4.74 Å². The molecule has 1 saturated heterocycles. The molecule has 2 atom stereocenters. The molecule has 128 valence electrons. The smallest absolute Gasteiger partial charge is 0.410 e. The van der Waals surface area contributed by atoms with Crippen LogP contribution in [-0.2, 0) is 11.3 Å². The molecule has 1 fully saturated rings. The molecule has 1 N–H and O–H groups in total. The van der Waals surface area contributed by atoms with Crippen LogP contribution in [0.3, 0.4) is 0 Å². The maximum atomic E-state index is 13.8. The molecular formula is C15H19F3N2O3. The zero-order valence-electron chi connectivity index (χ0n) is 12.9. The maximum absolute atomic E-state index is 13.8. The highest BCUT2D eigenvalue weighted by Crippen LogP contribution is 2.20. The minimum Gasteiger partial charge on any atom is -0.444 e. The van der Waals surface area contributed by atoms with E-state index >= 15 is 0 Å². The first kappa shape index (κ1) is 17.4. The van der Waals surface area contributed by atoms with Gasteiger partial charge in [0.1, 0.15) is 18.2 Å². The van der Waals surface area contributed by atoms with Gasteiger partial charge < -0.3 is 19.7 Å². The Kier molecular flexibility index (Phi) is 5.70. The zero-order chi connectivity index (χ0) is 17.0. The summed E-state index contributed by atoms with van der Waals surface area (Å²) in [5.41, 5.74) is 0.0930. The predicted octanol–water partition coefficient (Wildman–Crippen LogP) is 2.75. The molecule has 0 spiro atoms. The van der Waals surface area contributed by atoms with Crippen LogP contribution in [0.1, 0.15) is 19.4 Å². The Morgan fingerprint density at radius 2 is 2.00 bits per heavy atom. The molecule has 8 heteroatoms. The molecule has 0 saturated carbocycles.